The molecule has 0 aliphatic heterocycles. The van der Waals surface area contributed by atoms with E-state index in [-0.39, 0.29) is 17.9 Å². The molecule has 4 nitrogen and oxygen atoms in total. The molecule has 0 saturated heterocycles. The van der Waals surface area contributed by atoms with Crippen molar-refractivity contribution in [2.75, 3.05) is 13.2 Å². The van der Waals surface area contributed by atoms with E-state index < -0.39 is 0 Å². The molecule has 142 valence electrons. The molecular formula is C20H38O4. The highest BCUT2D eigenvalue weighted by Gasteiger charge is 2.16. The van der Waals surface area contributed by atoms with Crippen molar-refractivity contribution in [3.8, 4) is 0 Å². The largest absolute Gasteiger partial charge is 0.466 e. The van der Waals surface area contributed by atoms with E-state index in [1.54, 1.807) is 0 Å². The van der Waals surface area contributed by atoms with Gasteiger partial charge in [0.05, 0.1) is 19.1 Å². The third kappa shape index (κ3) is 14.5. The number of unbranched alkanes of at least 4 members (excludes halogenated alkanes) is 8. The first-order valence-electron chi connectivity index (χ1n) is 9.94. The maximum absolute atomic E-state index is 11.8. The molecule has 0 radical (unpaired) electrons. The number of carbonyl (C=O) groups is 2. The number of rotatable bonds is 16. The summed E-state index contributed by atoms with van der Waals surface area (Å²) in [6, 6.07) is 0. The Labute approximate surface area is 148 Å². The lowest BCUT2D eigenvalue weighted by atomic mass is 10.1. The molecule has 0 amide bonds. The smallest absolute Gasteiger partial charge is 0.308 e. The summed E-state index contributed by atoms with van der Waals surface area (Å²) in [5.41, 5.74) is 0. The molecule has 24 heavy (non-hydrogen) atoms. The summed E-state index contributed by atoms with van der Waals surface area (Å²) in [5, 5.41) is 0. The van der Waals surface area contributed by atoms with Gasteiger partial charge < -0.3 is 9.47 Å². The van der Waals surface area contributed by atoms with Gasteiger partial charge in [-0.3, -0.25) is 9.59 Å². The van der Waals surface area contributed by atoms with Crippen LogP contribution in [-0.2, 0) is 19.1 Å². The fraction of sp³-hybridized carbons (Fsp3) is 0.900. The third-order valence-electron chi connectivity index (χ3n) is 4.19. The number of hydrogen-bond donors (Lipinski definition) is 0. The molecule has 4 heteroatoms. The summed E-state index contributed by atoms with van der Waals surface area (Å²) in [4.78, 5) is 23.5. The van der Waals surface area contributed by atoms with Gasteiger partial charge in [0.15, 0.2) is 0 Å². The van der Waals surface area contributed by atoms with Gasteiger partial charge in [0.1, 0.15) is 0 Å². The predicted molar refractivity (Wildman–Crippen MR) is 97.8 cm³/mol. The van der Waals surface area contributed by atoms with E-state index in [0.29, 0.717) is 26.1 Å². The lowest BCUT2D eigenvalue weighted by Gasteiger charge is -2.11. The monoisotopic (exact) mass is 342 g/mol. The van der Waals surface area contributed by atoms with E-state index >= 15 is 0 Å². The van der Waals surface area contributed by atoms with Crippen molar-refractivity contribution >= 4 is 11.9 Å². The van der Waals surface area contributed by atoms with Crippen LogP contribution in [0.3, 0.4) is 0 Å². The Hall–Kier alpha value is -1.06. The van der Waals surface area contributed by atoms with Gasteiger partial charge in [0, 0.05) is 6.42 Å². The average Bonchev–Trinajstić information content (AvgIpc) is 2.58. The van der Waals surface area contributed by atoms with E-state index in [0.717, 1.165) is 25.7 Å². The third-order valence-corrected chi connectivity index (χ3v) is 4.19. The summed E-state index contributed by atoms with van der Waals surface area (Å²) in [6.07, 6.45) is 12.2. The van der Waals surface area contributed by atoms with Crippen molar-refractivity contribution in [2.24, 2.45) is 5.92 Å². The van der Waals surface area contributed by atoms with Gasteiger partial charge >= 0.3 is 11.9 Å². The van der Waals surface area contributed by atoms with Crippen LogP contribution in [0.2, 0.25) is 0 Å². The minimum Gasteiger partial charge on any atom is -0.466 e. The van der Waals surface area contributed by atoms with Gasteiger partial charge in [0.25, 0.3) is 0 Å². The van der Waals surface area contributed by atoms with Crippen LogP contribution < -0.4 is 0 Å². The average molecular weight is 343 g/mol. The van der Waals surface area contributed by atoms with Crippen LogP contribution in [0.1, 0.15) is 97.8 Å². The molecule has 0 bridgehead atoms. The minimum absolute atomic E-state index is 0.196. The van der Waals surface area contributed by atoms with Crippen molar-refractivity contribution in [3.05, 3.63) is 0 Å². The molecule has 0 aliphatic carbocycles. The van der Waals surface area contributed by atoms with Crippen LogP contribution in [0.15, 0.2) is 0 Å². The zero-order valence-electron chi connectivity index (χ0n) is 16.1. The van der Waals surface area contributed by atoms with Gasteiger partial charge in [-0.1, -0.05) is 72.1 Å². The molecule has 0 heterocycles. The molecule has 1 atom stereocenters. The van der Waals surface area contributed by atoms with Gasteiger partial charge in [-0.15, -0.1) is 0 Å². The summed E-state index contributed by atoms with van der Waals surface area (Å²) in [6.45, 7) is 7.17. The molecule has 1 unspecified atom stereocenters. The zero-order chi connectivity index (χ0) is 18.0. The zero-order valence-corrected chi connectivity index (χ0v) is 16.1. The standard InChI is InChI=1S/C20H38O4/c1-4-6-8-10-12-16-23-19(21)15-14-18(3)20(22)24-17-13-11-9-7-5-2/h18H,4-17H2,1-3H3. The summed E-state index contributed by atoms with van der Waals surface area (Å²) >= 11 is 0. The van der Waals surface area contributed by atoms with Crippen LogP contribution in [0.5, 0.6) is 0 Å². The second-order valence-electron chi connectivity index (χ2n) is 6.66. The fourth-order valence-electron chi connectivity index (χ4n) is 2.44. The predicted octanol–water partition coefficient (Wildman–Crippen LogP) is 5.43. The summed E-state index contributed by atoms with van der Waals surface area (Å²) < 4.78 is 10.5. The number of carbonyl (C=O) groups excluding carboxylic acids is 2. The van der Waals surface area contributed by atoms with Crippen molar-refractivity contribution < 1.29 is 19.1 Å². The van der Waals surface area contributed by atoms with Crippen molar-refractivity contribution in [2.45, 2.75) is 97.8 Å². The maximum atomic E-state index is 11.8. The summed E-state index contributed by atoms with van der Waals surface area (Å²) in [7, 11) is 0. The van der Waals surface area contributed by atoms with Crippen molar-refractivity contribution in [1.82, 2.24) is 0 Å². The van der Waals surface area contributed by atoms with E-state index in [1.165, 1.54) is 38.5 Å². The summed E-state index contributed by atoms with van der Waals surface area (Å²) in [5.74, 6) is -0.639. The molecule has 0 aliphatic rings. The molecule has 0 spiro atoms. The molecule has 0 fully saturated rings. The van der Waals surface area contributed by atoms with Gasteiger partial charge in [-0.05, 0) is 19.3 Å². The van der Waals surface area contributed by atoms with Crippen LogP contribution >= 0.6 is 0 Å². The van der Waals surface area contributed by atoms with E-state index in [1.807, 2.05) is 6.92 Å². The van der Waals surface area contributed by atoms with Crippen molar-refractivity contribution in [3.63, 3.8) is 0 Å². The minimum atomic E-state index is -0.238. The second kappa shape index (κ2) is 16.8. The molecular weight excluding hydrogens is 304 g/mol. The number of esters is 2. The molecule has 0 N–H and O–H groups in total. The second-order valence-corrected chi connectivity index (χ2v) is 6.66. The van der Waals surface area contributed by atoms with Gasteiger partial charge in [-0.2, -0.15) is 0 Å². The van der Waals surface area contributed by atoms with Crippen LogP contribution in [0.4, 0.5) is 0 Å². The van der Waals surface area contributed by atoms with E-state index in [4.69, 9.17) is 9.47 Å². The molecule has 0 rings (SSSR count). The highest BCUT2D eigenvalue weighted by Crippen LogP contribution is 2.10. The maximum Gasteiger partial charge on any atom is 0.308 e. The Balaban J connectivity index is 3.55. The Bertz CT molecular complexity index is 315. The normalized spacial score (nSPS) is 12.0. The van der Waals surface area contributed by atoms with E-state index in [2.05, 4.69) is 13.8 Å². The lowest BCUT2D eigenvalue weighted by molar-refractivity contribution is -0.149. The van der Waals surface area contributed by atoms with Crippen LogP contribution in [0.25, 0.3) is 0 Å². The quantitative estimate of drug-likeness (QED) is 0.277. The Kier molecular flexibility index (Phi) is 16.0. The van der Waals surface area contributed by atoms with E-state index in [9.17, 15) is 9.59 Å². The Morgan fingerprint density at radius 3 is 1.79 bits per heavy atom. The van der Waals surface area contributed by atoms with Gasteiger partial charge in [-0.25, -0.2) is 0 Å². The highest BCUT2D eigenvalue weighted by atomic mass is 16.5. The highest BCUT2D eigenvalue weighted by molar-refractivity contribution is 5.74. The van der Waals surface area contributed by atoms with Crippen molar-refractivity contribution in [1.29, 1.82) is 0 Å². The Morgan fingerprint density at radius 1 is 0.750 bits per heavy atom. The Morgan fingerprint density at radius 2 is 1.25 bits per heavy atom. The van der Waals surface area contributed by atoms with Gasteiger partial charge in [0.2, 0.25) is 0 Å². The first-order valence-corrected chi connectivity index (χ1v) is 9.94. The SMILES string of the molecule is CCCCCCCOC(=O)CCC(C)C(=O)OCCCCCCC. The van der Waals surface area contributed by atoms with Crippen LogP contribution in [0, 0.1) is 5.92 Å². The lowest BCUT2D eigenvalue weighted by Crippen LogP contribution is -2.17. The van der Waals surface area contributed by atoms with Crippen LogP contribution in [-0.4, -0.2) is 25.2 Å². The molecule has 0 aromatic carbocycles. The number of ether oxygens (including phenoxy) is 2. The number of hydrogen-bond acceptors (Lipinski definition) is 4. The topological polar surface area (TPSA) is 52.6 Å². The molecule has 0 aromatic rings. The molecule has 0 aromatic heterocycles. The first kappa shape index (κ1) is 22.9. The fourth-order valence-corrected chi connectivity index (χ4v) is 2.44. The molecule has 0 saturated carbocycles. The first-order chi connectivity index (χ1) is 11.6.